The second-order valence-electron chi connectivity index (χ2n) is 5.41. The zero-order chi connectivity index (χ0) is 18.7. The zero-order valence-electron chi connectivity index (χ0n) is 14.3. The first-order valence-electron chi connectivity index (χ1n) is 7.96. The number of carbonyl (C=O) groups is 2. The SMILES string of the molecule is CCOC(=O)c1sc(NC(=O)c2ccc3c(c2)OCCO3)c(C#N)c1C. The van der Waals surface area contributed by atoms with Crippen molar-refractivity contribution in [3.05, 3.63) is 39.8 Å². The van der Waals surface area contributed by atoms with Crippen molar-refractivity contribution in [2.24, 2.45) is 0 Å². The molecular weight excluding hydrogens is 356 g/mol. The van der Waals surface area contributed by atoms with Gasteiger partial charge in [-0.1, -0.05) is 0 Å². The number of fused-ring (bicyclic) bond motifs is 1. The second kappa shape index (κ2) is 7.45. The Hall–Kier alpha value is -3.05. The number of nitrogens with one attached hydrogen (secondary N) is 1. The fraction of sp³-hybridized carbons (Fsp3) is 0.278. The first-order chi connectivity index (χ1) is 12.5. The molecule has 7 nitrogen and oxygen atoms in total. The maximum Gasteiger partial charge on any atom is 0.348 e. The summed E-state index contributed by atoms with van der Waals surface area (Å²) in [7, 11) is 0. The highest BCUT2D eigenvalue weighted by Gasteiger charge is 2.23. The summed E-state index contributed by atoms with van der Waals surface area (Å²) in [5.74, 6) is 0.169. The third-order valence-corrected chi connectivity index (χ3v) is 4.94. The van der Waals surface area contributed by atoms with E-state index in [2.05, 4.69) is 5.32 Å². The van der Waals surface area contributed by atoms with Gasteiger partial charge in [-0.05, 0) is 37.6 Å². The summed E-state index contributed by atoms with van der Waals surface area (Å²) >= 11 is 1.03. The van der Waals surface area contributed by atoms with Crippen molar-refractivity contribution in [3.63, 3.8) is 0 Å². The molecule has 2 heterocycles. The lowest BCUT2D eigenvalue weighted by molar-refractivity contribution is 0.0531. The van der Waals surface area contributed by atoms with Crippen LogP contribution >= 0.6 is 11.3 Å². The Morgan fingerprint density at radius 3 is 2.73 bits per heavy atom. The number of carbonyl (C=O) groups excluding carboxylic acids is 2. The molecule has 0 bridgehead atoms. The second-order valence-corrected chi connectivity index (χ2v) is 6.43. The molecule has 0 saturated carbocycles. The summed E-state index contributed by atoms with van der Waals surface area (Å²) in [6, 6.07) is 6.89. The van der Waals surface area contributed by atoms with E-state index in [0.29, 0.717) is 45.7 Å². The molecule has 0 radical (unpaired) electrons. The number of anilines is 1. The van der Waals surface area contributed by atoms with Crippen molar-refractivity contribution < 1.29 is 23.8 Å². The maximum atomic E-state index is 12.6. The van der Waals surface area contributed by atoms with Crippen molar-refractivity contribution in [3.8, 4) is 17.6 Å². The Labute approximate surface area is 154 Å². The van der Waals surface area contributed by atoms with Gasteiger partial charge >= 0.3 is 5.97 Å². The number of nitrogens with zero attached hydrogens (tertiary/aromatic N) is 1. The monoisotopic (exact) mass is 372 g/mol. The lowest BCUT2D eigenvalue weighted by Gasteiger charge is -2.18. The molecule has 1 N–H and O–H groups in total. The molecule has 1 aromatic heterocycles. The Morgan fingerprint density at radius 2 is 2.04 bits per heavy atom. The summed E-state index contributed by atoms with van der Waals surface area (Å²) in [5.41, 5.74) is 1.11. The van der Waals surface area contributed by atoms with Crippen LogP contribution in [-0.2, 0) is 4.74 Å². The normalized spacial score (nSPS) is 12.2. The predicted octanol–water partition coefficient (Wildman–Crippen LogP) is 3.13. The number of benzene rings is 1. The average Bonchev–Trinajstić information content (AvgIpc) is 2.96. The van der Waals surface area contributed by atoms with Crippen molar-refractivity contribution in [1.29, 1.82) is 5.26 Å². The molecule has 2 aromatic rings. The van der Waals surface area contributed by atoms with Gasteiger partial charge in [0.1, 0.15) is 29.2 Å². The lowest BCUT2D eigenvalue weighted by atomic mass is 10.1. The van der Waals surface area contributed by atoms with Gasteiger partial charge in [0.15, 0.2) is 11.5 Å². The van der Waals surface area contributed by atoms with Crippen LogP contribution in [0.5, 0.6) is 11.5 Å². The van der Waals surface area contributed by atoms with Crippen LogP contribution in [0.4, 0.5) is 5.00 Å². The summed E-state index contributed by atoms with van der Waals surface area (Å²) < 4.78 is 15.9. The first kappa shape index (κ1) is 17.8. The van der Waals surface area contributed by atoms with Gasteiger partial charge in [-0.2, -0.15) is 5.26 Å². The fourth-order valence-corrected chi connectivity index (χ4v) is 3.53. The van der Waals surface area contributed by atoms with Gasteiger partial charge < -0.3 is 19.5 Å². The number of thiophene rings is 1. The third kappa shape index (κ3) is 3.34. The molecule has 0 spiro atoms. The van der Waals surface area contributed by atoms with Crippen LogP contribution in [0.2, 0.25) is 0 Å². The van der Waals surface area contributed by atoms with Gasteiger partial charge in [-0.15, -0.1) is 11.3 Å². The number of amides is 1. The molecule has 0 aliphatic carbocycles. The lowest BCUT2D eigenvalue weighted by Crippen LogP contribution is -2.17. The molecule has 1 aromatic carbocycles. The Bertz CT molecular complexity index is 913. The molecule has 1 aliphatic heterocycles. The average molecular weight is 372 g/mol. The maximum absolute atomic E-state index is 12.6. The minimum atomic E-state index is -0.508. The number of ether oxygens (including phenoxy) is 3. The summed E-state index contributed by atoms with van der Waals surface area (Å²) in [6.45, 7) is 4.48. The van der Waals surface area contributed by atoms with E-state index < -0.39 is 11.9 Å². The van der Waals surface area contributed by atoms with Crippen molar-refractivity contribution in [2.45, 2.75) is 13.8 Å². The Balaban J connectivity index is 1.86. The Kier molecular flexibility index (Phi) is 5.09. The fourth-order valence-electron chi connectivity index (χ4n) is 2.49. The highest BCUT2D eigenvalue weighted by atomic mass is 32.1. The van der Waals surface area contributed by atoms with Gasteiger partial charge in [0.2, 0.25) is 0 Å². The van der Waals surface area contributed by atoms with Crippen LogP contribution in [-0.4, -0.2) is 31.7 Å². The number of rotatable bonds is 4. The molecule has 0 fully saturated rings. The number of hydrogen-bond acceptors (Lipinski definition) is 7. The van der Waals surface area contributed by atoms with E-state index in [9.17, 15) is 14.9 Å². The van der Waals surface area contributed by atoms with E-state index in [1.165, 1.54) is 0 Å². The number of esters is 1. The molecule has 0 atom stereocenters. The predicted molar refractivity (Wildman–Crippen MR) is 95.1 cm³/mol. The highest BCUT2D eigenvalue weighted by Crippen LogP contribution is 2.34. The van der Waals surface area contributed by atoms with Crippen LogP contribution < -0.4 is 14.8 Å². The van der Waals surface area contributed by atoms with Gasteiger partial charge in [0.05, 0.1) is 12.2 Å². The van der Waals surface area contributed by atoms with Gasteiger partial charge in [-0.25, -0.2) is 4.79 Å². The smallest absolute Gasteiger partial charge is 0.348 e. The summed E-state index contributed by atoms with van der Waals surface area (Å²) in [6.07, 6.45) is 0. The quantitative estimate of drug-likeness (QED) is 0.828. The summed E-state index contributed by atoms with van der Waals surface area (Å²) in [4.78, 5) is 24.9. The van der Waals surface area contributed by atoms with Gasteiger partial charge in [0, 0.05) is 5.56 Å². The molecule has 1 amide bonds. The minimum absolute atomic E-state index is 0.233. The zero-order valence-corrected chi connectivity index (χ0v) is 15.1. The molecule has 0 saturated heterocycles. The van der Waals surface area contributed by atoms with E-state index in [4.69, 9.17) is 14.2 Å². The minimum Gasteiger partial charge on any atom is -0.486 e. The van der Waals surface area contributed by atoms with Gasteiger partial charge in [0.25, 0.3) is 5.91 Å². The van der Waals surface area contributed by atoms with Gasteiger partial charge in [-0.3, -0.25) is 4.79 Å². The Morgan fingerprint density at radius 1 is 1.31 bits per heavy atom. The topological polar surface area (TPSA) is 97.7 Å². The van der Waals surface area contributed by atoms with Crippen molar-refractivity contribution in [1.82, 2.24) is 0 Å². The van der Waals surface area contributed by atoms with Crippen molar-refractivity contribution >= 4 is 28.2 Å². The molecule has 26 heavy (non-hydrogen) atoms. The van der Waals surface area contributed by atoms with E-state index >= 15 is 0 Å². The van der Waals surface area contributed by atoms with Crippen molar-refractivity contribution in [2.75, 3.05) is 25.1 Å². The number of nitriles is 1. The van der Waals surface area contributed by atoms with E-state index in [-0.39, 0.29) is 12.2 Å². The molecular formula is C18H16N2O5S. The molecule has 1 aliphatic rings. The molecule has 3 rings (SSSR count). The standard InChI is InChI=1S/C18H16N2O5S/c1-3-23-18(22)15-10(2)12(9-19)17(26-15)20-16(21)11-4-5-13-14(8-11)25-7-6-24-13/h4-5,8H,3,6-7H2,1-2H3,(H,20,21). The molecule has 8 heteroatoms. The summed E-state index contributed by atoms with van der Waals surface area (Å²) in [5, 5.41) is 12.4. The number of hydrogen-bond donors (Lipinski definition) is 1. The van der Waals surface area contributed by atoms with Crippen LogP contribution in [0.15, 0.2) is 18.2 Å². The molecule has 0 unspecified atom stereocenters. The van der Waals surface area contributed by atoms with E-state index in [1.54, 1.807) is 32.0 Å². The van der Waals surface area contributed by atoms with E-state index in [0.717, 1.165) is 11.3 Å². The van der Waals surface area contributed by atoms with Crippen LogP contribution in [0.3, 0.4) is 0 Å². The van der Waals surface area contributed by atoms with Crippen LogP contribution in [0.1, 0.15) is 38.1 Å². The first-order valence-corrected chi connectivity index (χ1v) is 8.78. The highest BCUT2D eigenvalue weighted by molar-refractivity contribution is 7.18. The van der Waals surface area contributed by atoms with Crippen LogP contribution in [0.25, 0.3) is 0 Å². The molecule has 134 valence electrons. The third-order valence-electron chi connectivity index (χ3n) is 3.75. The largest absolute Gasteiger partial charge is 0.486 e. The van der Waals surface area contributed by atoms with E-state index in [1.807, 2.05) is 6.07 Å². The van der Waals surface area contributed by atoms with Crippen LogP contribution in [0, 0.1) is 18.3 Å².